The van der Waals surface area contributed by atoms with Crippen LogP contribution in [0.2, 0.25) is 0 Å². The standard InChI is InChI=1S/C16H17BrN4/c1-20(2)15-7-6-12(17)9-14(15)18-10-13-11-21-8-4-3-5-16(21)19-13/h3-9,11,18H,10H2,1-2H3. The zero-order chi connectivity index (χ0) is 14.8. The van der Waals surface area contributed by atoms with E-state index >= 15 is 0 Å². The molecule has 4 nitrogen and oxygen atoms in total. The van der Waals surface area contributed by atoms with E-state index in [2.05, 4.69) is 49.5 Å². The predicted octanol–water partition coefficient (Wildman–Crippen LogP) is 3.77. The second-order valence-electron chi connectivity index (χ2n) is 5.11. The summed E-state index contributed by atoms with van der Waals surface area (Å²) in [4.78, 5) is 6.70. The molecule has 21 heavy (non-hydrogen) atoms. The van der Waals surface area contributed by atoms with E-state index in [4.69, 9.17) is 0 Å². The van der Waals surface area contributed by atoms with Crippen molar-refractivity contribution < 1.29 is 0 Å². The number of aromatic nitrogens is 2. The lowest BCUT2D eigenvalue weighted by molar-refractivity contribution is 1.06. The molecule has 2 heterocycles. The number of halogens is 1. The molecule has 0 aliphatic rings. The largest absolute Gasteiger partial charge is 0.378 e. The maximum Gasteiger partial charge on any atom is 0.137 e. The second-order valence-corrected chi connectivity index (χ2v) is 6.02. The van der Waals surface area contributed by atoms with E-state index in [0.29, 0.717) is 6.54 Å². The van der Waals surface area contributed by atoms with Crippen LogP contribution in [-0.2, 0) is 6.54 Å². The third kappa shape index (κ3) is 3.03. The van der Waals surface area contributed by atoms with Gasteiger partial charge in [-0.25, -0.2) is 4.98 Å². The van der Waals surface area contributed by atoms with Crippen molar-refractivity contribution in [3.8, 4) is 0 Å². The van der Waals surface area contributed by atoms with E-state index in [1.165, 1.54) is 0 Å². The van der Waals surface area contributed by atoms with Crippen LogP contribution < -0.4 is 10.2 Å². The molecule has 3 aromatic rings. The molecule has 3 rings (SSSR count). The third-order valence-corrected chi connectivity index (χ3v) is 3.81. The van der Waals surface area contributed by atoms with Crippen molar-refractivity contribution in [3.05, 3.63) is 59.0 Å². The highest BCUT2D eigenvalue weighted by molar-refractivity contribution is 9.10. The summed E-state index contributed by atoms with van der Waals surface area (Å²) >= 11 is 3.52. The SMILES string of the molecule is CN(C)c1ccc(Br)cc1NCc1cn2ccccc2n1. The minimum absolute atomic E-state index is 0.693. The highest BCUT2D eigenvalue weighted by atomic mass is 79.9. The molecule has 1 aromatic carbocycles. The van der Waals surface area contributed by atoms with Crippen molar-refractivity contribution >= 4 is 33.0 Å². The average Bonchev–Trinajstić information content (AvgIpc) is 2.87. The van der Waals surface area contributed by atoms with Crippen LogP contribution in [-0.4, -0.2) is 23.5 Å². The van der Waals surface area contributed by atoms with Crippen LogP contribution in [0.15, 0.2) is 53.3 Å². The Bertz CT molecular complexity index is 731. The quantitative estimate of drug-likeness (QED) is 0.781. The van der Waals surface area contributed by atoms with E-state index in [-0.39, 0.29) is 0 Å². The highest BCUT2D eigenvalue weighted by Crippen LogP contribution is 2.28. The Hall–Kier alpha value is -2.01. The summed E-state index contributed by atoms with van der Waals surface area (Å²) in [6.07, 6.45) is 4.06. The van der Waals surface area contributed by atoms with Crippen LogP contribution in [0.4, 0.5) is 11.4 Å². The van der Waals surface area contributed by atoms with E-state index < -0.39 is 0 Å². The zero-order valence-electron chi connectivity index (χ0n) is 12.0. The molecule has 0 unspecified atom stereocenters. The Morgan fingerprint density at radius 1 is 1.24 bits per heavy atom. The Morgan fingerprint density at radius 3 is 2.86 bits per heavy atom. The van der Waals surface area contributed by atoms with Gasteiger partial charge in [-0.3, -0.25) is 0 Å². The van der Waals surface area contributed by atoms with Crippen LogP contribution in [0, 0.1) is 0 Å². The van der Waals surface area contributed by atoms with Gasteiger partial charge in [-0.1, -0.05) is 22.0 Å². The number of pyridine rings is 1. The fourth-order valence-electron chi connectivity index (χ4n) is 2.30. The van der Waals surface area contributed by atoms with Crippen molar-refractivity contribution in [3.63, 3.8) is 0 Å². The predicted molar refractivity (Wildman–Crippen MR) is 91.0 cm³/mol. The van der Waals surface area contributed by atoms with Gasteiger partial charge >= 0.3 is 0 Å². The van der Waals surface area contributed by atoms with Gasteiger partial charge in [-0.15, -0.1) is 0 Å². The minimum Gasteiger partial charge on any atom is -0.378 e. The first-order valence-corrected chi connectivity index (χ1v) is 7.56. The Labute approximate surface area is 132 Å². The number of benzene rings is 1. The number of hydrogen-bond acceptors (Lipinski definition) is 3. The van der Waals surface area contributed by atoms with Gasteiger partial charge in [0.05, 0.1) is 23.6 Å². The van der Waals surface area contributed by atoms with Crippen LogP contribution >= 0.6 is 15.9 Å². The molecule has 0 atom stereocenters. The number of hydrogen-bond donors (Lipinski definition) is 1. The topological polar surface area (TPSA) is 32.6 Å². The first-order valence-electron chi connectivity index (χ1n) is 6.77. The number of nitrogens with one attached hydrogen (secondary N) is 1. The molecule has 0 aliphatic carbocycles. The summed E-state index contributed by atoms with van der Waals surface area (Å²) in [5.74, 6) is 0. The Kier molecular flexibility index (Phi) is 3.84. The van der Waals surface area contributed by atoms with E-state index in [1.54, 1.807) is 0 Å². The fraction of sp³-hybridized carbons (Fsp3) is 0.188. The summed E-state index contributed by atoms with van der Waals surface area (Å²) < 4.78 is 3.09. The van der Waals surface area contributed by atoms with Gasteiger partial charge in [-0.05, 0) is 30.3 Å². The van der Waals surface area contributed by atoms with Gasteiger partial charge in [0, 0.05) is 31.0 Å². The molecule has 0 fully saturated rings. The molecule has 0 radical (unpaired) electrons. The molecule has 0 aliphatic heterocycles. The number of fused-ring (bicyclic) bond motifs is 1. The van der Waals surface area contributed by atoms with Crippen LogP contribution in [0.1, 0.15) is 5.69 Å². The van der Waals surface area contributed by atoms with E-state index in [1.807, 2.05) is 49.0 Å². The van der Waals surface area contributed by atoms with Gasteiger partial charge in [0.15, 0.2) is 0 Å². The molecule has 0 amide bonds. The summed E-state index contributed by atoms with van der Waals surface area (Å²) in [5.41, 5.74) is 4.23. The molecular weight excluding hydrogens is 328 g/mol. The van der Waals surface area contributed by atoms with Crippen molar-refractivity contribution in [2.24, 2.45) is 0 Å². The molecule has 0 bridgehead atoms. The molecule has 108 valence electrons. The Morgan fingerprint density at radius 2 is 2.10 bits per heavy atom. The molecular formula is C16H17BrN4. The number of rotatable bonds is 4. The lowest BCUT2D eigenvalue weighted by atomic mass is 10.2. The van der Waals surface area contributed by atoms with Gasteiger partial charge in [-0.2, -0.15) is 0 Å². The third-order valence-electron chi connectivity index (χ3n) is 3.31. The van der Waals surface area contributed by atoms with Gasteiger partial charge in [0.2, 0.25) is 0 Å². The number of nitrogens with zero attached hydrogens (tertiary/aromatic N) is 3. The molecule has 0 saturated carbocycles. The van der Waals surface area contributed by atoms with Gasteiger partial charge in [0.25, 0.3) is 0 Å². The van der Waals surface area contributed by atoms with Gasteiger partial charge in [0.1, 0.15) is 5.65 Å². The van der Waals surface area contributed by atoms with Crippen molar-refractivity contribution in [2.45, 2.75) is 6.54 Å². The normalized spacial score (nSPS) is 10.8. The first kappa shape index (κ1) is 13.9. The highest BCUT2D eigenvalue weighted by Gasteiger charge is 2.06. The molecule has 0 saturated heterocycles. The van der Waals surface area contributed by atoms with Crippen LogP contribution in [0.5, 0.6) is 0 Å². The van der Waals surface area contributed by atoms with Gasteiger partial charge < -0.3 is 14.6 Å². The maximum atomic E-state index is 4.60. The Balaban J connectivity index is 1.82. The maximum absolute atomic E-state index is 4.60. The summed E-state index contributed by atoms with van der Waals surface area (Å²) in [6, 6.07) is 12.2. The van der Waals surface area contributed by atoms with Crippen molar-refractivity contribution in [1.29, 1.82) is 0 Å². The zero-order valence-corrected chi connectivity index (χ0v) is 13.6. The molecule has 0 spiro atoms. The lowest BCUT2D eigenvalue weighted by Gasteiger charge is -2.18. The smallest absolute Gasteiger partial charge is 0.137 e. The monoisotopic (exact) mass is 344 g/mol. The number of anilines is 2. The summed E-state index contributed by atoms with van der Waals surface area (Å²) in [6.45, 7) is 0.693. The molecule has 2 aromatic heterocycles. The fourth-order valence-corrected chi connectivity index (χ4v) is 2.66. The molecule has 5 heteroatoms. The summed E-state index contributed by atoms with van der Waals surface area (Å²) in [5, 5.41) is 3.47. The minimum atomic E-state index is 0.693. The average molecular weight is 345 g/mol. The number of imidazole rings is 1. The van der Waals surface area contributed by atoms with E-state index in [9.17, 15) is 0 Å². The van der Waals surface area contributed by atoms with E-state index in [0.717, 1.165) is 27.2 Å². The molecule has 1 N–H and O–H groups in total. The van der Waals surface area contributed by atoms with Crippen LogP contribution in [0.25, 0.3) is 5.65 Å². The van der Waals surface area contributed by atoms with Crippen molar-refractivity contribution in [2.75, 3.05) is 24.3 Å². The van der Waals surface area contributed by atoms with Crippen LogP contribution in [0.3, 0.4) is 0 Å². The lowest BCUT2D eigenvalue weighted by Crippen LogP contribution is -2.12. The first-order chi connectivity index (χ1) is 10.1. The second kappa shape index (κ2) is 5.77. The van der Waals surface area contributed by atoms with Crippen molar-refractivity contribution in [1.82, 2.24) is 9.38 Å². The summed E-state index contributed by atoms with van der Waals surface area (Å²) in [7, 11) is 4.08.